The van der Waals surface area contributed by atoms with Crippen molar-refractivity contribution in [2.75, 3.05) is 29.9 Å². The molecule has 45 heavy (non-hydrogen) atoms. The van der Waals surface area contributed by atoms with Gasteiger partial charge in [-0.1, -0.05) is 6.07 Å². The summed E-state index contributed by atoms with van der Waals surface area (Å²) >= 11 is 0. The van der Waals surface area contributed by atoms with Crippen LogP contribution < -0.4 is 19.7 Å². The van der Waals surface area contributed by atoms with E-state index in [2.05, 4.69) is 20.1 Å². The number of hydrogen-bond acceptors (Lipinski definition) is 9. The minimum Gasteiger partial charge on any atom is -0.477 e. The van der Waals surface area contributed by atoms with Crippen molar-refractivity contribution in [1.82, 2.24) is 24.5 Å². The molecule has 3 aliphatic carbocycles. The number of amides is 1. The molecule has 4 bridgehead atoms. The molecule has 2 aliphatic heterocycles. The summed E-state index contributed by atoms with van der Waals surface area (Å²) < 4.78 is 51.4. The van der Waals surface area contributed by atoms with Gasteiger partial charge in [-0.3, -0.25) is 4.79 Å². The Morgan fingerprint density at radius 1 is 1.07 bits per heavy atom. The van der Waals surface area contributed by atoms with Gasteiger partial charge in [0.25, 0.3) is 15.9 Å². The molecule has 2 atom stereocenters. The van der Waals surface area contributed by atoms with Crippen molar-refractivity contribution in [2.24, 2.45) is 22.7 Å². The van der Waals surface area contributed by atoms with Crippen molar-refractivity contribution in [3.05, 3.63) is 48.2 Å². The summed E-state index contributed by atoms with van der Waals surface area (Å²) in [5, 5.41) is 7.16. The van der Waals surface area contributed by atoms with Gasteiger partial charge in [-0.15, -0.1) is 5.10 Å². The van der Waals surface area contributed by atoms with Gasteiger partial charge in [0.05, 0.1) is 12.2 Å². The maximum Gasteiger partial charge on any atom is 0.281 e. The maximum absolute atomic E-state index is 15.2. The molecule has 3 aromatic heterocycles. The SMILES string of the molecule is CC1(C)C[C@H]2C[C@@H](F)CNc3cccc(n3)S(=O)(=O)NC(=O)c3ccc(-n4ccc(OCCC5C6(CC6)C56CC6)n4)nc3N1C2. The Kier molecular flexibility index (Phi) is 6.30. The van der Waals surface area contributed by atoms with Gasteiger partial charge in [0.2, 0.25) is 5.88 Å². The Bertz CT molecular complexity index is 1770. The zero-order valence-corrected chi connectivity index (χ0v) is 26.3. The fourth-order valence-corrected chi connectivity index (χ4v) is 9.50. The van der Waals surface area contributed by atoms with E-state index < -0.39 is 27.6 Å². The average molecular weight is 636 g/mol. The number of anilines is 2. The zero-order chi connectivity index (χ0) is 31.2. The van der Waals surface area contributed by atoms with Crippen LogP contribution in [0.15, 0.2) is 47.6 Å². The smallest absolute Gasteiger partial charge is 0.281 e. The fraction of sp³-hybridized carbons (Fsp3) is 0.562. The molecule has 5 heterocycles. The average Bonchev–Trinajstić information content (AvgIpc) is 3.95. The third-order valence-corrected chi connectivity index (χ3v) is 12.1. The van der Waals surface area contributed by atoms with Crippen LogP contribution in [0.3, 0.4) is 0 Å². The lowest BCUT2D eigenvalue weighted by molar-refractivity contribution is 0.0981. The first-order valence-electron chi connectivity index (χ1n) is 15.9. The number of pyridine rings is 2. The minimum atomic E-state index is -4.33. The Hall–Kier alpha value is -3.74. The number of carbonyl (C=O) groups excluding carboxylic acids is 1. The summed E-state index contributed by atoms with van der Waals surface area (Å²) in [6.07, 6.45) is 8.14. The molecule has 5 aliphatic rings. The number of alkyl halides is 1. The Balaban J connectivity index is 1.08. The van der Waals surface area contributed by atoms with Gasteiger partial charge in [-0.25, -0.2) is 23.8 Å². The molecule has 0 unspecified atom stereocenters. The van der Waals surface area contributed by atoms with Gasteiger partial charge in [-0.2, -0.15) is 8.42 Å². The lowest BCUT2D eigenvalue weighted by Crippen LogP contribution is -2.41. The molecule has 0 aromatic carbocycles. The van der Waals surface area contributed by atoms with E-state index in [1.54, 1.807) is 35.1 Å². The first-order valence-corrected chi connectivity index (χ1v) is 17.4. The van der Waals surface area contributed by atoms with E-state index in [1.807, 2.05) is 18.7 Å². The van der Waals surface area contributed by atoms with E-state index >= 15 is 4.39 Å². The number of nitrogens with zero attached hydrogens (tertiary/aromatic N) is 5. The number of rotatable bonds is 5. The summed E-state index contributed by atoms with van der Waals surface area (Å²) in [5.74, 6) is 1.46. The normalized spacial score (nSPS) is 26.7. The van der Waals surface area contributed by atoms with E-state index in [4.69, 9.17) is 9.72 Å². The monoisotopic (exact) mass is 635 g/mol. The summed E-state index contributed by atoms with van der Waals surface area (Å²) in [5.41, 5.74) is 0.905. The lowest BCUT2D eigenvalue weighted by atomic mass is 9.93. The molecule has 1 saturated heterocycles. The third kappa shape index (κ3) is 4.85. The number of fused-ring (bicyclic) bond motifs is 7. The molecular weight excluding hydrogens is 597 g/mol. The molecule has 238 valence electrons. The third-order valence-electron chi connectivity index (χ3n) is 10.9. The number of carbonyl (C=O) groups is 1. The van der Waals surface area contributed by atoms with Crippen LogP contribution in [0.25, 0.3) is 5.82 Å². The molecule has 4 fully saturated rings. The summed E-state index contributed by atoms with van der Waals surface area (Å²) in [4.78, 5) is 24.6. The predicted octanol–water partition coefficient (Wildman–Crippen LogP) is 4.50. The van der Waals surface area contributed by atoms with E-state index in [-0.39, 0.29) is 28.9 Å². The number of nitrogens with one attached hydrogen (secondary N) is 2. The zero-order valence-electron chi connectivity index (χ0n) is 25.5. The van der Waals surface area contributed by atoms with Crippen LogP contribution in [0.4, 0.5) is 16.0 Å². The molecule has 3 saturated carbocycles. The van der Waals surface area contributed by atoms with Crippen molar-refractivity contribution in [2.45, 2.75) is 75.5 Å². The number of aromatic nitrogens is 4. The number of sulfonamides is 1. The summed E-state index contributed by atoms with van der Waals surface area (Å²) in [7, 11) is -4.33. The maximum atomic E-state index is 15.2. The highest BCUT2D eigenvalue weighted by Crippen LogP contribution is 2.93. The van der Waals surface area contributed by atoms with Crippen molar-refractivity contribution >= 4 is 27.6 Å². The highest BCUT2D eigenvalue weighted by molar-refractivity contribution is 7.90. The molecule has 2 N–H and O–H groups in total. The number of halogens is 1. The van der Waals surface area contributed by atoms with Crippen LogP contribution in [0.2, 0.25) is 0 Å². The van der Waals surface area contributed by atoms with Crippen molar-refractivity contribution in [1.29, 1.82) is 0 Å². The van der Waals surface area contributed by atoms with Gasteiger partial charge >= 0.3 is 0 Å². The summed E-state index contributed by atoms with van der Waals surface area (Å²) in [6.45, 7) is 5.13. The van der Waals surface area contributed by atoms with Crippen LogP contribution in [0.5, 0.6) is 5.88 Å². The molecule has 0 radical (unpaired) electrons. The van der Waals surface area contributed by atoms with E-state index in [9.17, 15) is 13.2 Å². The van der Waals surface area contributed by atoms with Gasteiger partial charge < -0.3 is 15.0 Å². The first-order chi connectivity index (χ1) is 21.5. The standard InChI is InChI=1S/C32H38FN7O4S/c1-30(2)17-20-16-21(33)18-34-24-4-3-5-27(35-24)45(42,43)38-29(41)22-6-7-25(36-28(22)39(30)19-20)40-14-8-26(37-40)44-15-9-23-31(10-11-31)32(23)12-13-32/h3-8,14,20-21,23H,9-13,15-19H2,1-2H3,(H,34,35)(H,38,41)/t20-,21-/m1/s1. The van der Waals surface area contributed by atoms with Crippen LogP contribution >= 0.6 is 0 Å². The fourth-order valence-electron chi connectivity index (χ4n) is 8.57. The van der Waals surface area contributed by atoms with E-state index in [1.165, 1.54) is 37.8 Å². The van der Waals surface area contributed by atoms with Gasteiger partial charge in [0, 0.05) is 30.9 Å². The molecule has 2 spiro atoms. The minimum absolute atomic E-state index is 0.00736. The number of ether oxygens (including phenoxy) is 1. The van der Waals surface area contributed by atoms with Gasteiger partial charge in [0.15, 0.2) is 10.8 Å². The van der Waals surface area contributed by atoms with Crippen LogP contribution in [-0.2, 0) is 10.0 Å². The molecule has 1 amide bonds. The van der Waals surface area contributed by atoms with Crippen LogP contribution in [0.1, 0.15) is 69.2 Å². The second-order valence-corrected chi connectivity index (χ2v) is 15.8. The second-order valence-electron chi connectivity index (χ2n) is 14.1. The quantitative estimate of drug-likeness (QED) is 0.416. The Morgan fingerprint density at radius 3 is 2.60 bits per heavy atom. The lowest BCUT2D eigenvalue weighted by Gasteiger charge is -2.34. The van der Waals surface area contributed by atoms with Crippen LogP contribution in [-0.4, -0.2) is 65.5 Å². The molecule has 8 rings (SSSR count). The molecule has 13 heteroatoms. The van der Waals surface area contributed by atoms with Crippen molar-refractivity contribution in [3.8, 4) is 11.7 Å². The van der Waals surface area contributed by atoms with Crippen LogP contribution in [0, 0.1) is 22.7 Å². The number of hydrogen-bond donors (Lipinski definition) is 2. The highest BCUT2D eigenvalue weighted by atomic mass is 32.2. The Labute approximate surface area is 262 Å². The topological polar surface area (TPSA) is 131 Å². The molecule has 11 nitrogen and oxygen atoms in total. The second kappa shape index (κ2) is 9.88. The first kappa shape index (κ1) is 28.7. The molecular formula is C32H38FN7O4S. The van der Waals surface area contributed by atoms with Crippen molar-refractivity contribution in [3.63, 3.8) is 0 Å². The van der Waals surface area contributed by atoms with Gasteiger partial charge in [0.1, 0.15) is 17.8 Å². The van der Waals surface area contributed by atoms with E-state index in [0.717, 1.165) is 12.3 Å². The predicted molar refractivity (Wildman–Crippen MR) is 165 cm³/mol. The van der Waals surface area contributed by atoms with E-state index in [0.29, 0.717) is 54.3 Å². The Morgan fingerprint density at radius 2 is 1.84 bits per heavy atom. The van der Waals surface area contributed by atoms with Gasteiger partial charge in [-0.05, 0) is 106 Å². The molecule has 3 aromatic rings. The highest BCUT2D eigenvalue weighted by Gasteiger charge is 2.85. The largest absolute Gasteiger partial charge is 0.477 e. The van der Waals surface area contributed by atoms with Crippen molar-refractivity contribution < 1.29 is 22.3 Å². The summed E-state index contributed by atoms with van der Waals surface area (Å²) in [6, 6.07) is 9.35.